The van der Waals surface area contributed by atoms with Gasteiger partial charge in [-0.3, -0.25) is 9.59 Å². The number of rotatable bonds is 6. The normalized spacial score (nSPS) is 10.5. The molecule has 6 nitrogen and oxygen atoms in total. The van der Waals surface area contributed by atoms with Crippen LogP contribution in [0.4, 0.5) is 0 Å². The van der Waals surface area contributed by atoms with Crippen LogP contribution in [0, 0.1) is 6.92 Å². The highest BCUT2D eigenvalue weighted by molar-refractivity contribution is 7.17. The second kappa shape index (κ2) is 8.41. The van der Waals surface area contributed by atoms with Crippen molar-refractivity contribution in [2.45, 2.75) is 6.92 Å². The number of aromatic hydroxyl groups is 1. The number of aryl methyl sites for hydroxylation is 1. The predicted molar refractivity (Wildman–Crippen MR) is 109 cm³/mol. The van der Waals surface area contributed by atoms with Crippen molar-refractivity contribution < 1.29 is 19.4 Å². The number of ether oxygens (including phenoxy) is 1. The minimum Gasteiger partial charge on any atom is -0.504 e. The first-order valence-electron chi connectivity index (χ1n) is 8.31. The molecule has 0 aliphatic rings. The summed E-state index contributed by atoms with van der Waals surface area (Å²) in [6.07, 6.45) is 0. The molecule has 0 fully saturated rings. The highest BCUT2D eigenvalue weighted by atomic mass is 35.5. The average Bonchev–Trinajstić information content (AvgIpc) is 3.08. The number of halogens is 1. The Bertz CT molecular complexity index is 1030. The average molecular weight is 417 g/mol. The van der Waals surface area contributed by atoms with Crippen LogP contribution in [0.1, 0.15) is 25.7 Å². The maximum Gasteiger partial charge on any atom is 0.251 e. The van der Waals surface area contributed by atoms with Gasteiger partial charge in [-0.25, -0.2) is 4.98 Å². The molecule has 0 aliphatic carbocycles. The summed E-state index contributed by atoms with van der Waals surface area (Å²) in [5.41, 5.74) is 1.71. The minimum absolute atomic E-state index is 0.146. The quantitative estimate of drug-likeness (QED) is 0.590. The van der Waals surface area contributed by atoms with Gasteiger partial charge < -0.3 is 15.2 Å². The molecule has 0 saturated heterocycles. The standard InChI is InChI=1S/C20H17ClN2O4S/c1-11-18(28-20(23-11)12-3-6-14(21)7-4-12)16(25)10-22-19(26)13-5-8-17(27-2)15(24)9-13/h3-9,24H,10H2,1-2H3,(H,22,26). The van der Waals surface area contributed by atoms with Crippen molar-refractivity contribution in [2.75, 3.05) is 13.7 Å². The second-order valence-corrected chi connectivity index (χ2v) is 7.37. The fourth-order valence-corrected chi connectivity index (χ4v) is 3.68. The van der Waals surface area contributed by atoms with Gasteiger partial charge in [-0.2, -0.15) is 0 Å². The first-order chi connectivity index (χ1) is 13.4. The van der Waals surface area contributed by atoms with Crippen LogP contribution in [0.25, 0.3) is 10.6 Å². The van der Waals surface area contributed by atoms with Crippen LogP contribution in [-0.2, 0) is 0 Å². The number of nitrogens with zero attached hydrogens (tertiary/aromatic N) is 1. The number of nitrogens with one attached hydrogen (secondary N) is 1. The van der Waals surface area contributed by atoms with Gasteiger partial charge in [-0.05, 0) is 37.3 Å². The van der Waals surface area contributed by atoms with Gasteiger partial charge in [-0.15, -0.1) is 11.3 Å². The second-order valence-electron chi connectivity index (χ2n) is 5.93. The number of aromatic nitrogens is 1. The molecule has 1 amide bonds. The largest absolute Gasteiger partial charge is 0.504 e. The summed E-state index contributed by atoms with van der Waals surface area (Å²) in [6, 6.07) is 11.5. The van der Waals surface area contributed by atoms with Gasteiger partial charge in [0.2, 0.25) is 0 Å². The summed E-state index contributed by atoms with van der Waals surface area (Å²) < 4.78 is 4.95. The van der Waals surface area contributed by atoms with Crippen molar-refractivity contribution in [1.82, 2.24) is 10.3 Å². The number of phenolic OH excluding ortho intramolecular Hbond substituents is 1. The van der Waals surface area contributed by atoms with Crippen molar-refractivity contribution in [2.24, 2.45) is 0 Å². The number of carbonyl (C=O) groups excluding carboxylic acids is 2. The Kier molecular flexibility index (Phi) is 5.96. The number of carbonyl (C=O) groups is 2. The number of amides is 1. The summed E-state index contributed by atoms with van der Waals surface area (Å²) in [6.45, 7) is 1.58. The predicted octanol–water partition coefficient (Wildman–Crippen LogP) is 4.10. The molecule has 0 bridgehead atoms. The molecular weight excluding hydrogens is 400 g/mol. The molecule has 1 heterocycles. The van der Waals surface area contributed by atoms with Crippen LogP contribution < -0.4 is 10.1 Å². The SMILES string of the molecule is COc1ccc(C(=O)NCC(=O)c2sc(-c3ccc(Cl)cc3)nc2C)cc1O. The Morgan fingerprint density at radius 1 is 1.21 bits per heavy atom. The van der Waals surface area contributed by atoms with E-state index < -0.39 is 5.91 Å². The summed E-state index contributed by atoms with van der Waals surface area (Å²) in [5, 5.41) is 13.7. The van der Waals surface area contributed by atoms with Gasteiger partial charge in [0, 0.05) is 16.1 Å². The highest BCUT2D eigenvalue weighted by Gasteiger charge is 2.18. The lowest BCUT2D eigenvalue weighted by molar-refractivity contribution is 0.0905. The Morgan fingerprint density at radius 2 is 1.93 bits per heavy atom. The third-order valence-electron chi connectivity index (χ3n) is 3.99. The summed E-state index contributed by atoms with van der Waals surface area (Å²) in [4.78, 5) is 29.7. The molecule has 0 radical (unpaired) electrons. The van der Waals surface area contributed by atoms with Gasteiger partial charge in [0.15, 0.2) is 17.3 Å². The highest BCUT2D eigenvalue weighted by Crippen LogP contribution is 2.29. The summed E-state index contributed by atoms with van der Waals surface area (Å²) in [7, 11) is 1.42. The first kappa shape index (κ1) is 19.9. The van der Waals surface area contributed by atoms with Crippen LogP contribution in [0.5, 0.6) is 11.5 Å². The number of ketones is 1. The summed E-state index contributed by atoms with van der Waals surface area (Å²) in [5.74, 6) is -0.581. The number of phenols is 1. The molecule has 0 aliphatic heterocycles. The van der Waals surface area contributed by atoms with E-state index in [2.05, 4.69) is 10.3 Å². The number of thiazole rings is 1. The van der Waals surface area contributed by atoms with Crippen molar-refractivity contribution in [1.29, 1.82) is 0 Å². The first-order valence-corrected chi connectivity index (χ1v) is 9.50. The molecule has 3 rings (SSSR count). The number of hydrogen-bond donors (Lipinski definition) is 2. The van der Waals surface area contributed by atoms with E-state index in [-0.39, 0.29) is 29.4 Å². The van der Waals surface area contributed by atoms with Crippen molar-refractivity contribution in [3.05, 3.63) is 63.6 Å². The fourth-order valence-electron chi connectivity index (χ4n) is 2.55. The number of Topliss-reactive ketones (excluding diaryl/α,β-unsaturated/α-hetero) is 1. The van der Waals surface area contributed by atoms with Crippen LogP contribution in [-0.4, -0.2) is 35.4 Å². The van der Waals surface area contributed by atoms with Crippen LogP contribution in [0.2, 0.25) is 5.02 Å². The van der Waals surface area contributed by atoms with Crippen molar-refractivity contribution in [3.8, 4) is 22.1 Å². The molecule has 0 atom stereocenters. The monoisotopic (exact) mass is 416 g/mol. The molecule has 144 valence electrons. The molecule has 0 unspecified atom stereocenters. The maximum atomic E-state index is 12.5. The lowest BCUT2D eigenvalue weighted by Crippen LogP contribution is -2.29. The van der Waals surface area contributed by atoms with E-state index in [9.17, 15) is 14.7 Å². The minimum atomic E-state index is -0.466. The zero-order chi connectivity index (χ0) is 20.3. The molecule has 8 heteroatoms. The smallest absolute Gasteiger partial charge is 0.251 e. The zero-order valence-electron chi connectivity index (χ0n) is 15.2. The molecule has 3 aromatic rings. The van der Waals surface area contributed by atoms with Crippen molar-refractivity contribution >= 4 is 34.6 Å². The molecular formula is C20H17ClN2O4S. The molecule has 28 heavy (non-hydrogen) atoms. The topological polar surface area (TPSA) is 88.5 Å². The number of hydrogen-bond acceptors (Lipinski definition) is 6. The van der Waals surface area contributed by atoms with Gasteiger partial charge in [-0.1, -0.05) is 23.7 Å². The number of benzene rings is 2. The maximum absolute atomic E-state index is 12.5. The molecule has 2 N–H and O–H groups in total. The van der Waals surface area contributed by atoms with Crippen LogP contribution >= 0.6 is 22.9 Å². The Balaban J connectivity index is 1.69. The fraction of sp³-hybridized carbons (Fsp3) is 0.150. The zero-order valence-corrected chi connectivity index (χ0v) is 16.7. The molecule has 0 spiro atoms. The third-order valence-corrected chi connectivity index (χ3v) is 5.49. The van der Waals surface area contributed by atoms with Gasteiger partial charge in [0.05, 0.1) is 24.2 Å². The Morgan fingerprint density at radius 3 is 2.57 bits per heavy atom. The Labute approximate surface area is 170 Å². The van der Waals surface area contributed by atoms with E-state index in [0.717, 1.165) is 5.56 Å². The van der Waals surface area contributed by atoms with Crippen LogP contribution in [0.3, 0.4) is 0 Å². The van der Waals surface area contributed by atoms with Gasteiger partial charge in [0.1, 0.15) is 5.01 Å². The van der Waals surface area contributed by atoms with E-state index in [1.807, 2.05) is 12.1 Å². The van der Waals surface area contributed by atoms with Crippen LogP contribution in [0.15, 0.2) is 42.5 Å². The van der Waals surface area contributed by atoms with Crippen molar-refractivity contribution in [3.63, 3.8) is 0 Å². The Hall–Kier alpha value is -2.90. The summed E-state index contributed by atoms with van der Waals surface area (Å²) >= 11 is 7.17. The molecule has 0 saturated carbocycles. The molecule has 1 aromatic heterocycles. The third kappa shape index (κ3) is 4.32. The van der Waals surface area contributed by atoms with E-state index in [4.69, 9.17) is 16.3 Å². The lowest BCUT2D eigenvalue weighted by atomic mass is 10.2. The number of methoxy groups -OCH3 is 1. The molecule has 2 aromatic carbocycles. The van der Waals surface area contributed by atoms with E-state index in [0.29, 0.717) is 20.6 Å². The van der Waals surface area contributed by atoms with E-state index in [1.54, 1.807) is 19.1 Å². The van der Waals surface area contributed by atoms with Gasteiger partial charge >= 0.3 is 0 Å². The van der Waals surface area contributed by atoms with Gasteiger partial charge in [0.25, 0.3) is 5.91 Å². The lowest BCUT2D eigenvalue weighted by Gasteiger charge is -2.07. The van der Waals surface area contributed by atoms with E-state index in [1.165, 1.54) is 36.6 Å². The van der Waals surface area contributed by atoms with E-state index >= 15 is 0 Å².